The van der Waals surface area contributed by atoms with E-state index in [9.17, 15) is 4.79 Å². The lowest BCUT2D eigenvalue weighted by Gasteiger charge is -2.28. The normalized spacial score (nSPS) is 16.9. The van der Waals surface area contributed by atoms with Crippen molar-refractivity contribution in [1.82, 2.24) is 5.32 Å². The maximum absolute atomic E-state index is 12.0. The standard InChI is InChI=1S/C16H24N2O2/c17-13-16(10-4-5-11-16)18-15(19)9-6-12-20-14-7-2-1-3-8-14/h1-3,7-8H,4-6,9-13,17H2,(H,18,19). The third-order valence-electron chi connectivity index (χ3n) is 3.92. The fraction of sp³-hybridized carbons (Fsp3) is 0.562. The molecule has 0 radical (unpaired) electrons. The average molecular weight is 276 g/mol. The second-order valence-corrected chi connectivity index (χ2v) is 5.50. The minimum Gasteiger partial charge on any atom is -0.494 e. The number of nitrogens with two attached hydrogens (primary N) is 1. The molecule has 1 saturated carbocycles. The van der Waals surface area contributed by atoms with Gasteiger partial charge < -0.3 is 15.8 Å². The van der Waals surface area contributed by atoms with Gasteiger partial charge in [-0.3, -0.25) is 4.79 Å². The number of carbonyl (C=O) groups excluding carboxylic acids is 1. The minimum atomic E-state index is -0.141. The van der Waals surface area contributed by atoms with Crippen molar-refractivity contribution in [3.63, 3.8) is 0 Å². The van der Waals surface area contributed by atoms with E-state index < -0.39 is 0 Å². The van der Waals surface area contributed by atoms with Gasteiger partial charge in [0, 0.05) is 13.0 Å². The molecular weight excluding hydrogens is 252 g/mol. The van der Waals surface area contributed by atoms with Gasteiger partial charge in [-0.05, 0) is 31.4 Å². The van der Waals surface area contributed by atoms with Crippen LogP contribution in [0.25, 0.3) is 0 Å². The van der Waals surface area contributed by atoms with E-state index in [1.165, 1.54) is 0 Å². The van der Waals surface area contributed by atoms with Gasteiger partial charge in [-0.25, -0.2) is 0 Å². The molecule has 4 nitrogen and oxygen atoms in total. The third kappa shape index (κ3) is 4.23. The van der Waals surface area contributed by atoms with Gasteiger partial charge in [0.1, 0.15) is 5.75 Å². The molecule has 4 heteroatoms. The van der Waals surface area contributed by atoms with Crippen LogP contribution in [0.1, 0.15) is 38.5 Å². The van der Waals surface area contributed by atoms with Gasteiger partial charge in [0.2, 0.25) is 5.91 Å². The maximum Gasteiger partial charge on any atom is 0.220 e. The van der Waals surface area contributed by atoms with Crippen molar-refractivity contribution < 1.29 is 9.53 Å². The molecule has 2 rings (SSSR count). The van der Waals surface area contributed by atoms with Crippen LogP contribution in [0.3, 0.4) is 0 Å². The highest BCUT2D eigenvalue weighted by Crippen LogP contribution is 2.28. The molecule has 3 N–H and O–H groups in total. The molecule has 0 unspecified atom stereocenters. The van der Waals surface area contributed by atoms with Gasteiger partial charge >= 0.3 is 0 Å². The van der Waals surface area contributed by atoms with Crippen molar-refractivity contribution in [2.24, 2.45) is 5.73 Å². The Morgan fingerprint density at radius 2 is 1.95 bits per heavy atom. The second-order valence-electron chi connectivity index (χ2n) is 5.50. The lowest BCUT2D eigenvalue weighted by Crippen LogP contribution is -2.51. The van der Waals surface area contributed by atoms with Crippen LogP contribution in [0, 0.1) is 0 Å². The van der Waals surface area contributed by atoms with Crippen LogP contribution in [0.4, 0.5) is 0 Å². The number of hydrogen-bond donors (Lipinski definition) is 2. The molecule has 1 fully saturated rings. The molecule has 110 valence electrons. The molecule has 0 aliphatic heterocycles. The number of nitrogens with one attached hydrogen (secondary N) is 1. The summed E-state index contributed by atoms with van der Waals surface area (Å²) in [6.45, 7) is 1.10. The minimum absolute atomic E-state index is 0.0917. The summed E-state index contributed by atoms with van der Waals surface area (Å²) < 4.78 is 5.57. The molecule has 1 aromatic rings. The summed E-state index contributed by atoms with van der Waals surface area (Å²) in [7, 11) is 0. The number of benzene rings is 1. The van der Waals surface area contributed by atoms with Crippen LogP contribution >= 0.6 is 0 Å². The summed E-state index contributed by atoms with van der Waals surface area (Å²) in [6, 6.07) is 9.67. The number of carbonyl (C=O) groups is 1. The predicted octanol–water partition coefficient (Wildman–Crippen LogP) is 2.23. The highest BCUT2D eigenvalue weighted by Gasteiger charge is 2.33. The van der Waals surface area contributed by atoms with E-state index in [1.807, 2.05) is 30.3 Å². The molecule has 1 amide bonds. The Kier molecular flexibility index (Phi) is 5.41. The van der Waals surface area contributed by atoms with Crippen molar-refractivity contribution >= 4 is 5.91 Å². The molecule has 0 aromatic heterocycles. The van der Waals surface area contributed by atoms with Crippen molar-refractivity contribution in [3.05, 3.63) is 30.3 Å². The molecule has 0 atom stereocenters. The zero-order valence-corrected chi connectivity index (χ0v) is 11.9. The lowest BCUT2D eigenvalue weighted by atomic mass is 9.97. The highest BCUT2D eigenvalue weighted by atomic mass is 16.5. The summed E-state index contributed by atoms with van der Waals surface area (Å²) in [5, 5.41) is 3.12. The fourth-order valence-electron chi connectivity index (χ4n) is 2.73. The molecule has 1 aliphatic carbocycles. The van der Waals surface area contributed by atoms with E-state index in [0.717, 1.165) is 37.9 Å². The van der Waals surface area contributed by atoms with Crippen LogP contribution in [0.2, 0.25) is 0 Å². The van der Waals surface area contributed by atoms with Crippen LogP contribution in [0.15, 0.2) is 30.3 Å². The summed E-state index contributed by atoms with van der Waals surface area (Å²) in [5.41, 5.74) is 5.67. The van der Waals surface area contributed by atoms with Crippen molar-refractivity contribution in [3.8, 4) is 5.75 Å². The van der Waals surface area contributed by atoms with Crippen molar-refractivity contribution in [2.45, 2.75) is 44.1 Å². The summed E-state index contributed by atoms with van der Waals surface area (Å²) >= 11 is 0. The van der Waals surface area contributed by atoms with Gasteiger partial charge in [0.25, 0.3) is 0 Å². The van der Waals surface area contributed by atoms with Gasteiger partial charge in [0.05, 0.1) is 12.1 Å². The SMILES string of the molecule is NCC1(NC(=O)CCCOc2ccccc2)CCCC1. The summed E-state index contributed by atoms with van der Waals surface area (Å²) in [6.07, 6.45) is 5.56. The fourth-order valence-corrected chi connectivity index (χ4v) is 2.73. The lowest BCUT2D eigenvalue weighted by molar-refractivity contribution is -0.123. The molecule has 0 heterocycles. The third-order valence-corrected chi connectivity index (χ3v) is 3.92. The molecule has 1 aliphatic rings. The van der Waals surface area contributed by atoms with Gasteiger partial charge in [-0.2, -0.15) is 0 Å². The Morgan fingerprint density at radius 1 is 1.25 bits per heavy atom. The quantitative estimate of drug-likeness (QED) is 0.751. The number of hydrogen-bond acceptors (Lipinski definition) is 3. The molecule has 0 bridgehead atoms. The van der Waals surface area contributed by atoms with Crippen LogP contribution in [-0.4, -0.2) is 24.6 Å². The predicted molar refractivity (Wildman–Crippen MR) is 79.6 cm³/mol. The summed E-state index contributed by atoms with van der Waals surface area (Å²) in [4.78, 5) is 12.0. The highest BCUT2D eigenvalue weighted by molar-refractivity contribution is 5.76. The molecular formula is C16H24N2O2. The van der Waals surface area contributed by atoms with Crippen LogP contribution in [-0.2, 0) is 4.79 Å². The zero-order chi connectivity index (χ0) is 14.3. The molecule has 1 aromatic carbocycles. The largest absolute Gasteiger partial charge is 0.494 e. The number of rotatable bonds is 7. The van der Waals surface area contributed by atoms with E-state index in [4.69, 9.17) is 10.5 Å². The van der Waals surface area contributed by atoms with E-state index in [-0.39, 0.29) is 11.4 Å². The monoisotopic (exact) mass is 276 g/mol. The topological polar surface area (TPSA) is 64.3 Å². The van der Waals surface area contributed by atoms with Gasteiger partial charge in [0.15, 0.2) is 0 Å². The molecule has 20 heavy (non-hydrogen) atoms. The van der Waals surface area contributed by atoms with Crippen molar-refractivity contribution in [2.75, 3.05) is 13.2 Å². The number of amides is 1. The van der Waals surface area contributed by atoms with Crippen molar-refractivity contribution in [1.29, 1.82) is 0 Å². The molecule has 0 spiro atoms. The Hall–Kier alpha value is -1.55. The van der Waals surface area contributed by atoms with Gasteiger partial charge in [-0.15, -0.1) is 0 Å². The zero-order valence-electron chi connectivity index (χ0n) is 11.9. The van der Waals surface area contributed by atoms with E-state index in [2.05, 4.69) is 5.32 Å². The van der Waals surface area contributed by atoms with Crippen LogP contribution < -0.4 is 15.8 Å². The first-order valence-corrected chi connectivity index (χ1v) is 7.43. The Morgan fingerprint density at radius 3 is 2.60 bits per heavy atom. The Labute approximate surface area is 120 Å². The van der Waals surface area contributed by atoms with E-state index in [0.29, 0.717) is 19.6 Å². The van der Waals surface area contributed by atoms with Crippen LogP contribution in [0.5, 0.6) is 5.75 Å². The number of ether oxygens (including phenoxy) is 1. The van der Waals surface area contributed by atoms with Gasteiger partial charge in [-0.1, -0.05) is 31.0 Å². The Bertz CT molecular complexity index is 414. The second kappa shape index (κ2) is 7.29. The van der Waals surface area contributed by atoms with E-state index >= 15 is 0 Å². The summed E-state index contributed by atoms with van der Waals surface area (Å²) in [5.74, 6) is 0.941. The first-order valence-electron chi connectivity index (χ1n) is 7.43. The van der Waals surface area contributed by atoms with E-state index in [1.54, 1.807) is 0 Å². The molecule has 0 saturated heterocycles. The average Bonchev–Trinajstić information content (AvgIpc) is 2.94. The number of para-hydroxylation sites is 1. The Balaban J connectivity index is 1.65. The first kappa shape index (κ1) is 14.9. The smallest absolute Gasteiger partial charge is 0.220 e. The first-order chi connectivity index (χ1) is 9.74. The maximum atomic E-state index is 12.0.